The minimum absolute atomic E-state index is 0.718. The molecule has 4 aromatic heterocycles. The van der Waals surface area contributed by atoms with Gasteiger partial charge < -0.3 is 10.3 Å². The summed E-state index contributed by atoms with van der Waals surface area (Å²) < 4.78 is 0. The third-order valence-electron chi connectivity index (χ3n) is 7.45. The molecule has 186 valence electrons. The first-order chi connectivity index (χ1) is 18.2. The largest absolute Gasteiger partial charge is 0.357 e. The van der Waals surface area contributed by atoms with Crippen LogP contribution in [0.5, 0.6) is 0 Å². The molecule has 6 rings (SSSR count). The highest BCUT2D eigenvalue weighted by Crippen LogP contribution is 2.35. The van der Waals surface area contributed by atoms with E-state index in [1.807, 2.05) is 24.7 Å². The zero-order valence-electron chi connectivity index (χ0n) is 21.2. The van der Waals surface area contributed by atoms with E-state index >= 15 is 0 Å². The molecule has 0 atom stereocenters. The minimum atomic E-state index is 0.718. The molecule has 2 aliphatic rings. The molecule has 1 fully saturated rings. The molecule has 1 aliphatic heterocycles. The maximum absolute atomic E-state index is 4.73. The number of piperidine rings is 1. The standard InChI is InChI=1S/C31H32N6/c1-3-6-25(23-7-4-5-8-23)26-15-29(35-20(26)2)31-27-16-28(34-19-30(27)36-37-31)24-14-22(17-33-18-24)13-21-9-11-32-12-10-21/h3-4,6-8,14-19,21,32,35H,1,5,9-13H2,2H3,(H,36,37)/b25-6-. The van der Waals surface area contributed by atoms with Crippen LogP contribution in [0, 0.1) is 12.8 Å². The van der Waals surface area contributed by atoms with E-state index in [4.69, 9.17) is 4.98 Å². The van der Waals surface area contributed by atoms with Crippen molar-refractivity contribution in [3.8, 4) is 22.6 Å². The van der Waals surface area contributed by atoms with Crippen molar-refractivity contribution in [2.24, 2.45) is 5.92 Å². The van der Waals surface area contributed by atoms with Crippen molar-refractivity contribution in [3.63, 3.8) is 0 Å². The number of rotatable bonds is 7. The van der Waals surface area contributed by atoms with Gasteiger partial charge in [0, 0.05) is 34.6 Å². The van der Waals surface area contributed by atoms with Gasteiger partial charge in [-0.15, -0.1) is 0 Å². The van der Waals surface area contributed by atoms with E-state index in [0.29, 0.717) is 0 Å². The predicted octanol–water partition coefficient (Wildman–Crippen LogP) is 6.32. The molecular formula is C31H32N6. The lowest BCUT2D eigenvalue weighted by molar-refractivity contribution is 0.372. The molecule has 0 bridgehead atoms. The van der Waals surface area contributed by atoms with E-state index in [9.17, 15) is 0 Å². The molecule has 3 N–H and O–H groups in total. The smallest absolute Gasteiger partial charge is 0.116 e. The summed E-state index contributed by atoms with van der Waals surface area (Å²) in [5, 5.41) is 12.3. The summed E-state index contributed by atoms with van der Waals surface area (Å²) >= 11 is 0. The number of aromatic nitrogens is 5. The van der Waals surface area contributed by atoms with Crippen LogP contribution in [0.25, 0.3) is 39.1 Å². The first-order valence-electron chi connectivity index (χ1n) is 13.1. The monoisotopic (exact) mass is 488 g/mol. The maximum Gasteiger partial charge on any atom is 0.116 e. The van der Waals surface area contributed by atoms with Crippen LogP contribution in [0.2, 0.25) is 0 Å². The SMILES string of the molecule is C=C/C=C(/C1=CCC=C1)c1cc(-c2n[nH]c3cnc(-c4cncc(CC5CCNCC5)c4)cc23)[nH]c1C. The third kappa shape index (κ3) is 4.72. The Morgan fingerprint density at radius 3 is 2.84 bits per heavy atom. The Kier molecular flexibility index (Phi) is 6.41. The Hall–Kier alpha value is -4.03. The Balaban J connectivity index is 1.34. The number of pyridine rings is 2. The Morgan fingerprint density at radius 1 is 1.14 bits per heavy atom. The number of aryl methyl sites for hydroxylation is 1. The fourth-order valence-electron chi connectivity index (χ4n) is 5.52. The highest BCUT2D eigenvalue weighted by Gasteiger charge is 2.18. The molecule has 37 heavy (non-hydrogen) atoms. The van der Waals surface area contributed by atoms with E-state index in [1.54, 1.807) is 0 Å². The fourth-order valence-corrected chi connectivity index (χ4v) is 5.52. The predicted molar refractivity (Wildman–Crippen MR) is 151 cm³/mol. The first-order valence-corrected chi connectivity index (χ1v) is 13.1. The second-order valence-corrected chi connectivity index (χ2v) is 10.0. The number of hydrogen-bond acceptors (Lipinski definition) is 4. The molecule has 6 nitrogen and oxygen atoms in total. The molecule has 0 unspecified atom stereocenters. The van der Waals surface area contributed by atoms with Gasteiger partial charge in [0.05, 0.1) is 23.1 Å². The van der Waals surface area contributed by atoms with E-state index in [0.717, 1.165) is 76.7 Å². The summed E-state index contributed by atoms with van der Waals surface area (Å²) in [6.07, 6.45) is 20.8. The molecule has 1 saturated heterocycles. The summed E-state index contributed by atoms with van der Waals surface area (Å²) in [5.41, 5.74) is 10.7. The van der Waals surface area contributed by atoms with E-state index in [1.165, 1.54) is 29.6 Å². The van der Waals surface area contributed by atoms with Crippen LogP contribution in [0.3, 0.4) is 0 Å². The number of nitrogens with zero attached hydrogens (tertiary/aromatic N) is 3. The molecule has 6 heteroatoms. The van der Waals surface area contributed by atoms with Crippen LogP contribution in [-0.2, 0) is 6.42 Å². The fraction of sp³-hybridized carbons (Fsp3) is 0.258. The lowest BCUT2D eigenvalue weighted by Gasteiger charge is -2.22. The van der Waals surface area contributed by atoms with Crippen molar-refractivity contribution in [2.45, 2.75) is 32.6 Å². The number of hydrogen-bond donors (Lipinski definition) is 3. The van der Waals surface area contributed by atoms with Crippen LogP contribution in [0.1, 0.15) is 36.1 Å². The van der Waals surface area contributed by atoms with E-state index < -0.39 is 0 Å². The second kappa shape index (κ2) is 10.1. The molecule has 4 aromatic rings. The highest BCUT2D eigenvalue weighted by molar-refractivity contribution is 5.95. The van der Waals surface area contributed by atoms with Crippen LogP contribution < -0.4 is 5.32 Å². The van der Waals surface area contributed by atoms with Gasteiger partial charge in [-0.05, 0) is 86.5 Å². The normalized spacial score (nSPS) is 16.5. The molecule has 0 amide bonds. The number of nitrogens with one attached hydrogen (secondary N) is 3. The van der Waals surface area contributed by atoms with Gasteiger partial charge in [0.1, 0.15) is 5.69 Å². The van der Waals surface area contributed by atoms with Crippen LogP contribution >= 0.6 is 0 Å². The van der Waals surface area contributed by atoms with Crippen molar-refractivity contribution in [1.82, 2.24) is 30.5 Å². The molecule has 0 aromatic carbocycles. The lowest BCUT2D eigenvalue weighted by atomic mass is 9.91. The van der Waals surface area contributed by atoms with Crippen LogP contribution in [0.4, 0.5) is 0 Å². The van der Waals surface area contributed by atoms with Crippen molar-refractivity contribution in [1.29, 1.82) is 0 Å². The van der Waals surface area contributed by atoms with Gasteiger partial charge in [-0.25, -0.2) is 0 Å². The average Bonchev–Trinajstić information content (AvgIpc) is 3.68. The van der Waals surface area contributed by atoms with Gasteiger partial charge in [-0.2, -0.15) is 5.10 Å². The topological polar surface area (TPSA) is 82.3 Å². The van der Waals surface area contributed by atoms with Crippen molar-refractivity contribution in [2.75, 3.05) is 13.1 Å². The molecule has 1 aliphatic carbocycles. The first kappa shape index (κ1) is 23.4. The van der Waals surface area contributed by atoms with Gasteiger partial charge >= 0.3 is 0 Å². The zero-order valence-corrected chi connectivity index (χ0v) is 21.2. The van der Waals surface area contributed by atoms with E-state index in [-0.39, 0.29) is 0 Å². The average molecular weight is 489 g/mol. The number of H-pyrrole nitrogens is 2. The Labute approximate surface area is 217 Å². The van der Waals surface area contributed by atoms with Crippen LogP contribution in [-0.4, -0.2) is 38.2 Å². The van der Waals surface area contributed by atoms with Gasteiger partial charge in [0.15, 0.2) is 0 Å². The summed E-state index contributed by atoms with van der Waals surface area (Å²) in [4.78, 5) is 12.9. The Bertz CT molecular complexity index is 1540. The van der Waals surface area contributed by atoms with Crippen molar-refractivity contribution < 1.29 is 0 Å². The number of aromatic amines is 2. The second-order valence-electron chi connectivity index (χ2n) is 10.0. The van der Waals surface area contributed by atoms with Gasteiger partial charge in [-0.3, -0.25) is 15.1 Å². The third-order valence-corrected chi connectivity index (χ3v) is 7.45. The quantitative estimate of drug-likeness (QED) is 0.266. The van der Waals surface area contributed by atoms with Crippen molar-refractivity contribution in [3.05, 3.63) is 96.1 Å². The summed E-state index contributed by atoms with van der Waals surface area (Å²) in [6, 6.07) is 6.56. The minimum Gasteiger partial charge on any atom is -0.357 e. The maximum atomic E-state index is 4.73. The van der Waals surface area contributed by atoms with Gasteiger partial charge in [0.25, 0.3) is 0 Å². The summed E-state index contributed by atoms with van der Waals surface area (Å²) in [6.45, 7) is 8.26. The van der Waals surface area contributed by atoms with Crippen molar-refractivity contribution >= 4 is 16.5 Å². The highest BCUT2D eigenvalue weighted by atomic mass is 15.1. The van der Waals surface area contributed by atoms with Gasteiger partial charge in [0.2, 0.25) is 0 Å². The van der Waals surface area contributed by atoms with Gasteiger partial charge in [-0.1, -0.05) is 37.0 Å². The molecule has 5 heterocycles. The van der Waals surface area contributed by atoms with Crippen LogP contribution in [0.15, 0.2) is 79.3 Å². The molecule has 0 saturated carbocycles. The number of allylic oxidation sites excluding steroid dienone is 7. The number of fused-ring (bicyclic) bond motifs is 1. The lowest BCUT2D eigenvalue weighted by Crippen LogP contribution is -2.28. The Morgan fingerprint density at radius 2 is 2.03 bits per heavy atom. The summed E-state index contributed by atoms with van der Waals surface area (Å²) in [5.74, 6) is 0.718. The molecule has 0 spiro atoms. The molecule has 0 radical (unpaired) electrons. The summed E-state index contributed by atoms with van der Waals surface area (Å²) in [7, 11) is 0. The van der Waals surface area contributed by atoms with E-state index in [2.05, 4.69) is 81.5 Å². The zero-order chi connectivity index (χ0) is 25.2. The molecular weight excluding hydrogens is 456 g/mol.